The third kappa shape index (κ3) is 2.78. The Morgan fingerprint density at radius 3 is 2.57 bits per heavy atom. The summed E-state index contributed by atoms with van der Waals surface area (Å²) in [7, 11) is -1.75. The minimum atomic E-state index is -3.73. The van der Waals surface area contributed by atoms with E-state index in [1.807, 2.05) is 45.2 Å². The molecule has 1 aromatic carbocycles. The van der Waals surface area contributed by atoms with Crippen LogP contribution in [-0.4, -0.2) is 43.5 Å². The van der Waals surface area contributed by atoms with Crippen LogP contribution in [0.1, 0.15) is 13.8 Å². The van der Waals surface area contributed by atoms with E-state index in [-0.39, 0.29) is 10.9 Å². The lowest BCUT2D eigenvalue weighted by atomic mass is 10.2. The van der Waals surface area contributed by atoms with Crippen LogP contribution >= 0.6 is 0 Å². The Morgan fingerprint density at radius 1 is 1.22 bits per heavy atom. The van der Waals surface area contributed by atoms with Gasteiger partial charge in [-0.05, 0) is 25.0 Å². The van der Waals surface area contributed by atoms with Gasteiger partial charge in [0, 0.05) is 20.1 Å². The summed E-state index contributed by atoms with van der Waals surface area (Å²) in [5, 5.41) is 8.08. The zero-order chi connectivity index (χ0) is 16.6. The molecule has 0 aliphatic carbocycles. The molecular weight excluding hydrogens is 314 g/mol. The topological polar surface area (TPSA) is 71.3 Å². The summed E-state index contributed by atoms with van der Waals surface area (Å²) in [5.41, 5.74) is 1.59. The quantitative estimate of drug-likeness (QED) is 0.851. The molecule has 1 atom stereocenters. The lowest BCUT2D eigenvalue weighted by Gasteiger charge is -2.24. The fourth-order valence-electron chi connectivity index (χ4n) is 2.90. The van der Waals surface area contributed by atoms with Crippen molar-refractivity contribution < 1.29 is 8.42 Å². The highest BCUT2D eigenvalue weighted by Gasteiger charge is 2.33. The van der Waals surface area contributed by atoms with E-state index in [2.05, 4.69) is 15.1 Å². The van der Waals surface area contributed by atoms with E-state index >= 15 is 0 Å². The van der Waals surface area contributed by atoms with Crippen LogP contribution in [0.5, 0.6) is 0 Å². The number of rotatable bonds is 3. The Balaban J connectivity index is 2.11. The van der Waals surface area contributed by atoms with Crippen LogP contribution in [0.3, 0.4) is 0 Å². The van der Waals surface area contributed by atoms with Gasteiger partial charge < -0.3 is 4.90 Å². The van der Waals surface area contributed by atoms with E-state index < -0.39 is 10.0 Å². The van der Waals surface area contributed by atoms with Crippen molar-refractivity contribution in [1.29, 1.82) is 0 Å². The fraction of sp³-hybridized carbons (Fsp3) is 0.467. The second-order valence-corrected chi connectivity index (χ2v) is 7.69. The van der Waals surface area contributed by atoms with Gasteiger partial charge in [-0.1, -0.05) is 19.1 Å². The average molecular weight is 335 g/mol. The Hall–Kier alpha value is -2.09. The van der Waals surface area contributed by atoms with Gasteiger partial charge in [-0.15, -0.1) is 5.10 Å². The van der Waals surface area contributed by atoms with Crippen LogP contribution in [0.2, 0.25) is 0 Å². The van der Waals surface area contributed by atoms with Crippen molar-refractivity contribution in [2.75, 3.05) is 29.3 Å². The predicted molar refractivity (Wildman–Crippen MR) is 89.1 cm³/mol. The van der Waals surface area contributed by atoms with Crippen LogP contribution in [0.4, 0.5) is 11.4 Å². The Bertz CT molecular complexity index is 802. The molecule has 0 spiro atoms. The maximum absolute atomic E-state index is 13.1. The number of para-hydroxylation sites is 2. The first-order valence-electron chi connectivity index (χ1n) is 7.66. The molecule has 0 N–H and O–H groups in total. The van der Waals surface area contributed by atoms with Crippen LogP contribution in [0, 0.1) is 5.92 Å². The van der Waals surface area contributed by atoms with Gasteiger partial charge in [-0.2, -0.15) is 18.3 Å². The number of benzene rings is 1. The molecule has 1 aliphatic heterocycles. The molecular formula is C15H21N5O2S. The average Bonchev–Trinajstić information content (AvgIpc) is 2.97. The van der Waals surface area contributed by atoms with Gasteiger partial charge in [0.15, 0.2) is 0 Å². The zero-order valence-corrected chi connectivity index (χ0v) is 14.4. The van der Waals surface area contributed by atoms with Crippen molar-refractivity contribution in [3.05, 3.63) is 30.5 Å². The van der Waals surface area contributed by atoms with Gasteiger partial charge in [0.2, 0.25) is 5.03 Å². The molecule has 8 heteroatoms. The first-order chi connectivity index (χ1) is 10.9. The minimum absolute atomic E-state index is 0.00842. The Morgan fingerprint density at radius 2 is 1.91 bits per heavy atom. The standard InChI is InChI=1S/C15H21N5O2S/c1-4-20-16-9-15(17-20)23(21,22)19-11-12(2)10-18(3)13-7-5-6-8-14(13)19/h5-9,12H,4,10-11H2,1-3H3. The van der Waals surface area contributed by atoms with Crippen LogP contribution < -0.4 is 9.21 Å². The monoisotopic (exact) mass is 335 g/mol. The molecule has 2 aromatic rings. The van der Waals surface area contributed by atoms with E-state index in [1.165, 1.54) is 15.3 Å². The SMILES string of the molecule is CCn1ncc(S(=O)(=O)N2CC(C)CN(C)c3ccccc32)n1. The van der Waals surface area contributed by atoms with E-state index in [9.17, 15) is 8.42 Å². The van der Waals surface area contributed by atoms with Gasteiger partial charge in [0.05, 0.1) is 24.1 Å². The zero-order valence-electron chi connectivity index (χ0n) is 13.5. The number of hydrogen-bond donors (Lipinski definition) is 0. The molecule has 0 radical (unpaired) electrons. The van der Waals surface area contributed by atoms with Crippen molar-refractivity contribution in [2.24, 2.45) is 5.92 Å². The number of nitrogens with zero attached hydrogens (tertiary/aromatic N) is 5. The highest BCUT2D eigenvalue weighted by molar-refractivity contribution is 7.92. The molecule has 7 nitrogen and oxygen atoms in total. The Kier molecular flexibility index (Phi) is 4.01. The number of hydrogen-bond acceptors (Lipinski definition) is 5. The highest BCUT2D eigenvalue weighted by atomic mass is 32.2. The van der Waals surface area contributed by atoms with E-state index in [0.717, 1.165) is 12.2 Å². The minimum Gasteiger partial charge on any atom is -0.373 e. The third-order valence-electron chi connectivity index (χ3n) is 3.98. The molecule has 1 unspecified atom stereocenters. The second kappa shape index (κ2) is 5.84. The number of aromatic nitrogens is 3. The number of fused-ring (bicyclic) bond motifs is 1. The molecule has 1 aromatic heterocycles. The Labute approximate surface area is 136 Å². The lowest BCUT2D eigenvalue weighted by molar-refractivity contribution is 0.543. The van der Waals surface area contributed by atoms with Gasteiger partial charge in [-0.3, -0.25) is 4.31 Å². The molecule has 23 heavy (non-hydrogen) atoms. The van der Waals surface area contributed by atoms with Gasteiger partial charge in [0.1, 0.15) is 0 Å². The van der Waals surface area contributed by atoms with Gasteiger partial charge >= 0.3 is 0 Å². The number of aryl methyl sites for hydroxylation is 1. The summed E-state index contributed by atoms with van der Waals surface area (Å²) >= 11 is 0. The largest absolute Gasteiger partial charge is 0.373 e. The first-order valence-corrected chi connectivity index (χ1v) is 9.10. The molecule has 124 valence electrons. The number of sulfonamides is 1. The van der Waals surface area contributed by atoms with Crippen LogP contribution in [0.25, 0.3) is 0 Å². The van der Waals surface area contributed by atoms with Crippen molar-refractivity contribution in [3.8, 4) is 0 Å². The highest BCUT2D eigenvalue weighted by Crippen LogP contribution is 2.35. The molecule has 0 saturated carbocycles. The molecule has 0 fully saturated rings. The van der Waals surface area contributed by atoms with Crippen molar-refractivity contribution in [1.82, 2.24) is 15.0 Å². The summed E-state index contributed by atoms with van der Waals surface area (Å²) in [4.78, 5) is 3.48. The summed E-state index contributed by atoms with van der Waals surface area (Å²) in [5.74, 6) is 0.198. The molecule has 0 saturated heterocycles. The summed E-state index contributed by atoms with van der Waals surface area (Å²) in [6, 6.07) is 7.56. The first kappa shape index (κ1) is 15.8. The van der Waals surface area contributed by atoms with E-state index in [4.69, 9.17) is 0 Å². The fourth-order valence-corrected chi connectivity index (χ4v) is 4.36. The normalized spacial score (nSPS) is 18.7. The van der Waals surface area contributed by atoms with Crippen molar-refractivity contribution >= 4 is 21.4 Å². The van der Waals surface area contributed by atoms with E-state index in [0.29, 0.717) is 18.8 Å². The molecule has 2 heterocycles. The van der Waals surface area contributed by atoms with Crippen molar-refractivity contribution in [2.45, 2.75) is 25.4 Å². The molecule has 1 aliphatic rings. The van der Waals surface area contributed by atoms with Crippen molar-refractivity contribution in [3.63, 3.8) is 0 Å². The molecule has 3 rings (SSSR count). The molecule has 0 bridgehead atoms. The van der Waals surface area contributed by atoms with Crippen LogP contribution in [0.15, 0.2) is 35.5 Å². The predicted octanol–water partition coefficient (Wildman–Crippen LogP) is 1.58. The van der Waals surface area contributed by atoms with E-state index in [1.54, 1.807) is 0 Å². The maximum Gasteiger partial charge on any atom is 0.285 e. The van der Waals surface area contributed by atoms with Gasteiger partial charge in [-0.25, -0.2) is 0 Å². The summed E-state index contributed by atoms with van der Waals surface area (Å²) in [6.07, 6.45) is 1.32. The summed E-state index contributed by atoms with van der Waals surface area (Å²) < 4.78 is 27.6. The van der Waals surface area contributed by atoms with Gasteiger partial charge in [0.25, 0.3) is 10.0 Å². The smallest absolute Gasteiger partial charge is 0.285 e. The number of anilines is 2. The molecule has 0 amide bonds. The maximum atomic E-state index is 13.1. The van der Waals surface area contributed by atoms with Crippen LogP contribution in [-0.2, 0) is 16.6 Å². The second-order valence-electron chi connectivity index (χ2n) is 5.88. The lowest BCUT2D eigenvalue weighted by Crippen LogP contribution is -2.35. The summed E-state index contributed by atoms with van der Waals surface area (Å²) in [6.45, 7) is 5.67. The third-order valence-corrected chi connectivity index (χ3v) is 5.62.